The summed E-state index contributed by atoms with van der Waals surface area (Å²) in [6, 6.07) is 3.83. The predicted octanol–water partition coefficient (Wildman–Crippen LogP) is 2.38. The van der Waals surface area contributed by atoms with Crippen LogP contribution >= 0.6 is 11.3 Å². The maximum Gasteiger partial charge on any atom is 0.253 e. The molecule has 0 saturated heterocycles. The molecule has 0 atom stereocenters. The van der Waals surface area contributed by atoms with Crippen molar-refractivity contribution in [2.45, 2.75) is 20.4 Å². The van der Waals surface area contributed by atoms with Gasteiger partial charge in [0.05, 0.1) is 0 Å². The van der Waals surface area contributed by atoms with Gasteiger partial charge in [0, 0.05) is 23.9 Å². The van der Waals surface area contributed by atoms with Crippen LogP contribution < -0.4 is 10.9 Å². The summed E-state index contributed by atoms with van der Waals surface area (Å²) >= 11 is 1.58. The molecule has 0 radical (unpaired) electrons. The second-order valence-electron chi connectivity index (χ2n) is 4.55. The van der Waals surface area contributed by atoms with E-state index in [1.807, 2.05) is 36.7 Å². The van der Waals surface area contributed by atoms with Gasteiger partial charge in [-0.05, 0) is 53.9 Å². The Bertz CT molecular complexity index is 684. The van der Waals surface area contributed by atoms with E-state index in [-0.39, 0.29) is 18.0 Å². The van der Waals surface area contributed by atoms with Crippen molar-refractivity contribution in [1.29, 1.82) is 0 Å². The number of carbonyl (C=O) groups excluding carboxylic acids is 1. The van der Waals surface area contributed by atoms with Gasteiger partial charge in [-0.15, -0.1) is 0 Å². The molecule has 0 aliphatic rings. The number of pyridine rings is 1. The molecule has 5 heteroatoms. The highest BCUT2D eigenvalue weighted by molar-refractivity contribution is 7.08. The first-order chi connectivity index (χ1) is 9.56. The van der Waals surface area contributed by atoms with Crippen LogP contribution in [0.15, 0.2) is 33.8 Å². The summed E-state index contributed by atoms with van der Waals surface area (Å²) in [5, 5.41) is 6.63. The second kappa shape index (κ2) is 6.34. The summed E-state index contributed by atoms with van der Waals surface area (Å²) in [5.41, 5.74) is 3.14. The molecule has 0 aliphatic carbocycles. The molecule has 2 heterocycles. The monoisotopic (exact) mass is 288 g/mol. The van der Waals surface area contributed by atoms with Crippen LogP contribution in [0.2, 0.25) is 0 Å². The fourth-order valence-electron chi connectivity index (χ4n) is 1.88. The fourth-order valence-corrected chi connectivity index (χ4v) is 2.51. The van der Waals surface area contributed by atoms with E-state index >= 15 is 0 Å². The number of aromatic nitrogens is 1. The highest BCUT2D eigenvalue weighted by Crippen LogP contribution is 2.07. The van der Waals surface area contributed by atoms with Gasteiger partial charge in [-0.1, -0.05) is 0 Å². The fraction of sp³-hybridized carbons (Fsp3) is 0.200. The Hall–Kier alpha value is -2.14. The van der Waals surface area contributed by atoms with Crippen LogP contribution in [-0.2, 0) is 11.3 Å². The molecule has 0 aromatic carbocycles. The molecule has 0 saturated carbocycles. The normalized spacial score (nSPS) is 10.9. The Balaban J connectivity index is 1.99. The summed E-state index contributed by atoms with van der Waals surface area (Å²) in [7, 11) is 0. The molecule has 1 amide bonds. The Morgan fingerprint density at radius 1 is 1.45 bits per heavy atom. The summed E-state index contributed by atoms with van der Waals surface area (Å²) in [6.07, 6.45) is 3.22. The zero-order chi connectivity index (χ0) is 14.5. The number of carbonyl (C=O) groups is 1. The molecule has 2 aromatic heterocycles. The molecule has 104 valence electrons. The van der Waals surface area contributed by atoms with E-state index in [4.69, 9.17) is 0 Å². The van der Waals surface area contributed by atoms with Crippen molar-refractivity contribution in [3.8, 4) is 0 Å². The number of hydrogen-bond donors (Lipinski definition) is 2. The molecule has 0 aliphatic heterocycles. The number of hydrogen-bond acceptors (Lipinski definition) is 3. The number of nitrogens with one attached hydrogen (secondary N) is 2. The molecule has 4 nitrogen and oxygen atoms in total. The van der Waals surface area contributed by atoms with Gasteiger partial charge in [-0.2, -0.15) is 11.3 Å². The second-order valence-corrected chi connectivity index (χ2v) is 5.33. The van der Waals surface area contributed by atoms with E-state index in [0.29, 0.717) is 5.56 Å². The molecule has 0 bridgehead atoms. The average Bonchev–Trinajstić information content (AvgIpc) is 2.88. The Morgan fingerprint density at radius 3 is 2.90 bits per heavy atom. The third-order valence-corrected chi connectivity index (χ3v) is 3.61. The van der Waals surface area contributed by atoms with Crippen molar-refractivity contribution < 1.29 is 4.79 Å². The van der Waals surface area contributed by atoms with Crippen molar-refractivity contribution in [2.24, 2.45) is 0 Å². The van der Waals surface area contributed by atoms with Gasteiger partial charge in [0.2, 0.25) is 5.91 Å². The van der Waals surface area contributed by atoms with Crippen LogP contribution in [0.1, 0.15) is 22.4 Å². The van der Waals surface area contributed by atoms with Crippen molar-refractivity contribution in [1.82, 2.24) is 10.3 Å². The van der Waals surface area contributed by atoms with Crippen LogP contribution in [0.3, 0.4) is 0 Å². The molecule has 0 fully saturated rings. The van der Waals surface area contributed by atoms with Crippen LogP contribution in [-0.4, -0.2) is 10.9 Å². The van der Waals surface area contributed by atoms with Crippen molar-refractivity contribution in [3.05, 3.63) is 61.7 Å². The summed E-state index contributed by atoms with van der Waals surface area (Å²) < 4.78 is 0. The first-order valence-corrected chi connectivity index (χ1v) is 7.18. The van der Waals surface area contributed by atoms with Gasteiger partial charge >= 0.3 is 0 Å². The SMILES string of the molecule is Cc1cc(C)c(CNC(=O)C=Cc2ccsc2)c(=O)[nH]1. The minimum absolute atomic E-state index is 0.149. The Morgan fingerprint density at radius 2 is 2.25 bits per heavy atom. The summed E-state index contributed by atoms with van der Waals surface area (Å²) in [4.78, 5) is 26.2. The van der Waals surface area contributed by atoms with E-state index in [0.717, 1.165) is 16.8 Å². The van der Waals surface area contributed by atoms with Gasteiger partial charge in [0.25, 0.3) is 5.56 Å². The van der Waals surface area contributed by atoms with Crippen molar-refractivity contribution in [2.75, 3.05) is 0 Å². The quantitative estimate of drug-likeness (QED) is 0.849. The number of thiophene rings is 1. The van der Waals surface area contributed by atoms with E-state index in [9.17, 15) is 9.59 Å². The third-order valence-electron chi connectivity index (χ3n) is 2.90. The van der Waals surface area contributed by atoms with E-state index in [1.54, 1.807) is 17.4 Å². The standard InChI is InChI=1S/C15H16N2O2S/c1-10-7-11(2)17-15(19)13(10)8-16-14(18)4-3-12-5-6-20-9-12/h3-7,9H,8H2,1-2H3,(H,16,18)(H,17,19). The lowest BCUT2D eigenvalue weighted by Gasteiger charge is -2.06. The highest BCUT2D eigenvalue weighted by atomic mass is 32.1. The van der Waals surface area contributed by atoms with E-state index in [1.165, 1.54) is 6.08 Å². The molecule has 2 aromatic rings. The van der Waals surface area contributed by atoms with Crippen LogP contribution in [0.5, 0.6) is 0 Å². The molecular weight excluding hydrogens is 272 g/mol. The molecule has 2 rings (SSSR count). The number of H-pyrrole nitrogens is 1. The first kappa shape index (κ1) is 14.3. The highest BCUT2D eigenvalue weighted by Gasteiger charge is 2.06. The van der Waals surface area contributed by atoms with Crippen LogP contribution in [0.25, 0.3) is 6.08 Å². The Labute approximate surface area is 121 Å². The first-order valence-electron chi connectivity index (χ1n) is 6.24. The molecular formula is C15H16N2O2S. The smallest absolute Gasteiger partial charge is 0.253 e. The molecule has 2 N–H and O–H groups in total. The minimum atomic E-state index is -0.212. The van der Waals surface area contributed by atoms with Crippen molar-refractivity contribution >= 4 is 23.3 Å². The number of aromatic amines is 1. The van der Waals surface area contributed by atoms with Gasteiger partial charge in [0.15, 0.2) is 0 Å². The van der Waals surface area contributed by atoms with Gasteiger partial charge < -0.3 is 10.3 Å². The van der Waals surface area contributed by atoms with Crippen LogP contribution in [0, 0.1) is 13.8 Å². The zero-order valence-corrected chi connectivity index (χ0v) is 12.2. The topological polar surface area (TPSA) is 62.0 Å². The third kappa shape index (κ3) is 3.68. The van der Waals surface area contributed by atoms with Crippen LogP contribution in [0.4, 0.5) is 0 Å². The van der Waals surface area contributed by atoms with Gasteiger partial charge in [-0.3, -0.25) is 9.59 Å². The molecule has 0 spiro atoms. The number of amides is 1. The Kier molecular flexibility index (Phi) is 4.53. The largest absolute Gasteiger partial charge is 0.348 e. The number of rotatable bonds is 4. The predicted molar refractivity (Wildman–Crippen MR) is 81.7 cm³/mol. The minimum Gasteiger partial charge on any atom is -0.348 e. The van der Waals surface area contributed by atoms with Gasteiger partial charge in [-0.25, -0.2) is 0 Å². The van der Waals surface area contributed by atoms with E-state index < -0.39 is 0 Å². The zero-order valence-electron chi connectivity index (χ0n) is 11.4. The van der Waals surface area contributed by atoms with Gasteiger partial charge in [0.1, 0.15) is 0 Å². The lowest BCUT2D eigenvalue weighted by atomic mass is 10.1. The summed E-state index contributed by atoms with van der Waals surface area (Å²) in [6.45, 7) is 3.93. The summed E-state index contributed by atoms with van der Waals surface area (Å²) in [5.74, 6) is -0.212. The maximum atomic E-state index is 11.8. The maximum absolute atomic E-state index is 11.8. The number of aryl methyl sites for hydroxylation is 2. The molecule has 0 unspecified atom stereocenters. The van der Waals surface area contributed by atoms with Crippen molar-refractivity contribution in [3.63, 3.8) is 0 Å². The lowest BCUT2D eigenvalue weighted by molar-refractivity contribution is -0.116. The average molecular weight is 288 g/mol. The lowest BCUT2D eigenvalue weighted by Crippen LogP contribution is -2.26. The molecule has 20 heavy (non-hydrogen) atoms. The van der Waals surface area contributed by atoms with E-state index in [2.05, 4.69) is 10.3 Å².